The summed E-state index contributed by atoms with van der Waals surface area (Å²) in [6, 6.07) is 0. The van der Waals surface area contributed by atoms with Crippen LogP contribution in [0, 0.1) is 6.92 Å². The lowest BCUT2D eigenvalue weighted by atomic mass is 10.1. The van der Waals surface area contributed by atoms with E-state index in [0.717, 1.165) is 0 Å². The maximum absolute atomic E-state index is 4.47. The number of hydrogen-bond acceptors (Lipinski definition) is 3. The molecule has 2 heterocycles. The molecule has 1 atom stereocenters. The van der Waals surface area contributed by atoms with Crippen LogP contribution < -0.4 is 0 Å². The topological polar surface area (TPSA) is 12.9 Å². The highest BCUT2D eigenvalue weighted by molar-refractivity contribution is 8.00. The van der Waals surface area contributed by atoms with E-state index in [4.69, 9.17) is 0 Å². The molecular weight excluding hydrogens is 186 g/mol. The van der Waals surface area contributed by atoms with Crippen LogP contribution in [0.2, 0.25) is 0 Å². The normalized spacial score (nSPS) is 29.5. The molecule has 0 amide bonds. The smallest absolute Gasteiger partial charge is 0.109 e. The van der Waals surface area contributed by atoms with Gasteiger partial charge >= 0.3 is 0 Å². The summed E-state index contributed by atoms with van der Waals surface area (Å²) in [5, 5.41) is 1.32. The minimum Gasteiger partial charge on any atom is -0.248 e. The van der Waals surface area contributed by atoms with Gasteiger partial charge in [-0.05, 0) is 32.4 Å². The van der Waals surface area contributed by atoms with Crippen LogP contribution in [0.4, 0.5) is 0 Å². The van der Waals surface area contributed by atoms with Crippen molar-refractivity contribution in [2.75, 3.05) is 5.75 Å². The number of aromatic nitrogens is 1. The van der Waals surface area contributed by atoms with Gasteiger partial charge in [-0.3, -0.25) is 0 Å². The van der Waals surface area contributed by atoms with E-state index in [9.17, 15) is 0 Å². The molecule has 0 bridgehead atoms. The summed E-state index contributed by atoms with van der Waals surface area (Å²) < 4.78 is 0.332. The van der Waals surface area contributed by atoms with Gasteiger partial charge in [-0.25, -0.2) is 4.98 Å². The maximum Gasteiger partial charge on any atom is 0.109 e. The largest absolute Gasteiger partial charge is 0.248 e. The Morgan fingerprint density at radius 1 is 1.58 bits per heavy atom. The van der Waals surface area contributed by atoms with Gasteiger partial charge in [0.05, 0.1) is 4.75 Å². The molecular formula is C9H13NS2. The van der Waals surface area contributed by atoms with E-state index >= 15 is 0 Å². The number of thiazole rings is 1. The van der Waals surface area contributed by atoms with E-state index in [-0.39, 0.29) is 0 Å². The molecule has 0 N–H and O–H groups in total. The zero-order chi connectivity index (χ0) is 8.60. The Labute approximate surface area is 81.6 Å². The summed E-state index contributed by atoms with van der Waals surface area (Å²) in [6.07, 6.45) is 4.63. The standard InChI is InChI=1S/C9H13NS2/c1-7-6-10-8(12-7)9(2)4-3-5-11-9/h6H,3-5H2,1-2H3. The lowest BCUT2D eigenvalue weighted by molar-refractivity contribution is 0.641. The molecule has 0 aromatic carbocycles. The highest BCUT2D eigenvalue weighted by Gasteiger charge is 2.33. The number of hydrogen-bond donors (Lipinski definition) is 0. The third kappa shape index (κ3) is 1.40. The van der Waals surface area contributed by atoms with Crippen LogP contribution in [-0.2, 0) is 4.75 Å². The molecule has 1 fully saturated rings. The monoisotopic (exact) mass is 199 g/mol. The van der Waals surface area contributed by atoms with Gasteiger partial charge in [0.15, 0.2) is 0 Å². The third-order valence-electron chi connectivity index (χ3n) is 2.29. The Bertz CT molecular complexity index is 274. The summed E-state index contributed by atoms with van der Waals surface area (Å²) in [4.78, 5) is 5.80. The second-order valence-electron chi connectivity index (χ2n) is 3.46. The van der Waals surface area contributed by atoms with Crippen molar-refractivity contribution in [3.63, 3.8) is 0 Å². The van der Waals surface area contributed by atoms with Gasteiger partial charge in [-0.1, -0.05) is 0 Å². The van der Waals surface area contributed by atoms with E-state index in [1.54, 1.807) is 0 Å². The van der Waals surface area contributed by atoms with Gasteiger partial charge in [0.1, 0.15) is 5.01 Å². The summed E-state index contributed by atoms with van der Waals surface area (Å²) in [6.45, 7) is 4.45. The molecule has 66 valence electrons. The van der Waals surface area contributed by atoms with Crippen molar-refractivity contribution in [2.45, 2.75) is 31.4 Å². The van der Waals surface area contributed by atoms with Crippen molar-refractivity contribution >= 4 is 23.1 Å². The number of rotatable bonds is 1. The van der Waals surface area contributed by atoms with Crippen molar-refractivity contribution in [2.24, 2.45) is 0 Å². The summed E-state index contributed by atoms with van der Waals surface area (Å²) in [5.41, 5.74) is 0. The molecule has 0 saturated carbocycles. The van der Waals surface area contributed by atoms with E-state index < -0.39 is 0 Å². The molecule has 1 aliphatic heterocycles. The molecule has 1 aliphatic rings. The Morgan fingerprint density at radius 2 is 2.42 bits per heavy atom. The van der Waals surface area contributed by atoms with Gasteiger partial charge in [0.25, 0.3) is 0 Å². The molecule has 0 aliphatic carbocycles. The average Bonchev–Trinajstić information content (AvgIpc) is 2.59. The Morgan fingerprint density at radius 3 is 2.92 bits per heavy atom. The molecule has 0 radical (unpaired) electrons. The van der Waals surface area contributed by atoms with Crippen LogP contribution in [0.3, 0.4) is 0 Å². The molecule has 1 aromatic rings. The fourth-order valence-corrected chi connectivity index (χ4v) is 3.89. The number of nitrogens with zero attached hydrogens (tertiary/aromatic N) is 1. The van der Waals surface area contributed by atoms with Gasteiger partial charge < -0.3 is 0 Å². The van der Waals surface area contributed by atoms with Gasteiger partial charge in [-0.2, -0.15) is 0 Å². The van der Waals surface area contributed by atoms with E-state index in [0.29, 0.717) is 4.75 Å². The Balaban J connectivity index is 2.28. The van der Waals surface area contributed by atoms with Crippen LogP contribution in [0.5, 0.6) is 0 Å². The Kier molecular flexibility index (Phi) is 2.17. The van der Waals surface area contributed by atoms with Crippen LogP contribution in [0.25, 0.3) is 0 Å². The lowest BCUT2D eigenvalue weighted by Gasteiger charge is -2.18. The molecule has 1 aromatic heterocycles. The first-order valence-corrected chi connectivity index (χ1v) is 6.08. The third-order valence-corrected chi connectivity index (χ3v) is 5.13. The molecule has 1 nitrogen and oxygen atoms in total. The van der Waals surface area contributed by atoms with Crippen LogP contribution in [0.15, 0.2) is 6.20 Å². The number of thioether (sulfide) groups is 1. The van der Waals surface area contributed by atoms with Crippen molar-refractivity contribution in [1.82, 2.24) is 4.98 Å². The minimum atomic E-state index is 0.332. The van der Waals surface area contributed by atoms with Crippen LogP contribution in [0.1, 0.15) is 29.7 Å². The predicted octanol–water partition coefficient (Wildman–Crippen LogP) is 3.19. The Hall–Kier alpha value is -0.0200. The second kappa shape index (κ2) is 3.04. The molecule has 2 rings (SSSR count). The van der Waals surface area contributed by atoms with Crippen molar-refractivity contribution in [3.05, 3.63) is 16.1 Å². The summed E-state index contributed by atoms with van der Waals surface area (Å²) in [5.74, 6) is 1.30. The maximum atomic E-state index is 4.47. The molecule has 1 saturated heterocycles. The van der Waals surface area contributed by atoms with Crippen molar-refractivity contribution in [1.29, 1.82) is 0 Å². The highest BCUT2D eigenvalue weighted by atomic mass is 32.2. The molecule has 0 spiro atoms. The van der Waals surface area contributed by atoms with Crippen LogP contribution >= 0.6 is 23.1 Å². The summed E-state index contributed by atoms with van der Waals surface area (Å²) in [7, 11) is 0. The van der Waals surface area contributed by atoms with Gasteiger partial charge in [-0.15, -0.1) is 23.1 Å². The zero-order valence-corrected chi connectivity index (χ0v) is 9.10. The van der Waals surface area contributed by atoms with Crippen molar-refractivity contribution in [3.8, 4) is 0 Å². The summed E-state index contributed by atoms with van der Waals surface area (Å²) >= 11 is 3.91. The zero-order valence-electron chi connectivity index (χ0n) is 7.46. The van der Waals surface area contributed by atoms with Crippen molar-refractivity contribution < 1.29 is 0 Å². The first-order chi connectivity index (χ1) is 5.71. The van der Waals surface area contributed by atoms with Gasteiger partial charge in [0.2, 0.25) is 0 Å². The number of aryl methyl sites for hydroxylation is 1. The van der Waals surface area contributed by atoms with Crippen LogP contribution in [-0.4, -0.2) is 10.7 Å². The SMILES string of the molecule is Cc1cnc(C2(C)CCCS2)s1. The first-order valence-electron chi connectivity index (χ1n) is 4.28. The van der Waals surface area contributed by atoms with Gasteiger partial charge in [0, 0.05) is 11.1 Å². The van der Waals surface area contributed by atoms with E-state index in [1.165, 1.54) is 28.5 Å². The molecule has 3 heteroatoms. The second-order valence-corrected chi connectivity index (χ2v) is 6.29. The molecule has 1 unspecified atom stereocenters. The fraction of sp³-hybridized carbons (Fsp3) is 0.667. The minimum absolute atomic E-state index is 0.332. The first kappa shape index (κ1) is 8.57. The lowest BCUT2D eigenvalue weighted by Crippen LogP contribution is -2.11. The molecule has 12 heavy (non-hydrogen) atoms. The van der Waals surface area contributed by atoms with E-state index in [2.05, 4.69) is 30.6 Å². The predicted molar refractivity (Wildman–Crippen MR) is 55.9 cm³/mol. The quantitative estimate of drug-likeness (QED) is 0.689. The highest BCUT2D eigenvalue weighted by Crippen LogP contribution is 2.47. The fourth-order valence-electron chi connectivity index (χ4n) is 1.55. The van der Waals surface area contributed by atoms with E-state index in [1.807, 2.05) is 17.5 Å². The average molecular weight is 199 g/mol.